The molecule has 154 valence electrons. The van der Waals surface area contributed by atoms with E-state index >= 15 is 0 Å². The topological polar surface area (TPSA) is 54.2 Å². The van der Waals surface area contributed by atoms with Crippen LogP contribution in [0.2, 0.25) is 0 Å². The summed E-state index contributed by atoms with van der Waals surface area (Å²) in [5.41, 5.74) is 2.30. The lowest BCUT2D eigenvalue weighted by Crippen LogP contribution is -2.43. The van der Waals surface area contributed by atoms with Gasteiger partial charge in [-0.15, -0.1) is 35.7 Å². The van der Waals surface area contributed by atoms with Gasteiger partial charge >= 0.3 is 0 Å². The number of nitrogens with one attached hydrogen (secondary N) is 2. The van der Waals surface area contributed by atoms with Crippen molar-refractivity contribution in [3.63, 3.8) is 0 Å². The third kappa shape index (κ3) is 6.69. The van der Waals surface area contributed by atoms with Crippen LogP contribution in [0.25, 0.3) is 0 Å². The fourth-order valence-electron chi connectivity index (χ4n) is 3.15. The van der Waals surface area contributed by atoms with E-state index in [1.54, 1.807) is 0 Å². The molecule has 2 aromatic rings. The summed E-state index contributed by atoms with van der Waals surface area (Å²) in [6.07, 6.45) is 2.51. The van der Waals surface area contributed by atoms with Crippen LogP contribution in [0.3, 0.4) is 0 Å². The number of benzene rings is 1. The van der Waals surface area contributed by atoms with Gasteiger partial charge in [-0.3, -0.25) is 9.67 Å². The van der Waals surface area contributed by atoms with Gasteiger partial charge in [0, 0.05) is 42.0 Å². The molecule has 1 atom stereocenters. The number of halogens is 1. The summed E-state index contributed by atoms with van der Waals surface area (Å²) < 4.78 is 2.40. The minimum atomic E-state index is 0. The van der Waals surface area contributed by atoms with E-state index in [9.17, 15) is 0 Å². The van der Waals surface area contributed by atoms with Crippen LogP contribution < -0.4 is 10.6 Å². The Morgan fingerprint density at radius 1 is 1.25 bits per heavy atom. The third-order valence-electron chi connectivity index (χ3n) is 4.89. The molecular weight excluding hydrogens is 481 g/mol. The molecule has 1 saturated carbocycles. The minimum Gasteiger partial charge on any atom is -0.356 e. The Balaban J connectivity index is 0.00000280. The van der Waals surface area contributed by atoms with Gasteiger partial charge in [-0.1, -0.05) is 25.1 Å². The van der Waals surface area contributed by atoms with Crippen LogP contribution in [0.1, 0.15) is 31.2 Å². The first-order valence-electron chi connectivity index (χ1n) is 9.69. The Hall–Kier alpha value is -1.22. The first kappa shape index (κ1) is 23.1. The van der Waals surface area contributed by atoms with Crippen molar-refractivity contribution in [1.82, 2.24) is 20.4 Å². The Bertz CT molecular complexity index is 770. The summed E-state index contributed by atoms with van der Waals surface area (Å²) in [5, 5.41) is 11.5. The van der Waals surface area contributed by atoms with E-state index in [0.29, 0.717) is 10.7 Å². The van der Waals surface area contributed by atoms with E-state index in [1.807, 2.05) is 25.7 Å². The molecule has 1 aliphatic rings. The zero-order valence-corrected chi connectivity index (χ0v) is 20.4. The molecule has 0 aliphatic heterocycles. The molecular formula is C21H32IN5S. The second-order valence-electron chi connectivity index (χ2n) is 7.62. The molecule has 1 aliphatic carbocycles. The normalized spacial score (nSPS) is 16.2. The van der Waals surface area contributed by atoms with E-state index in [2.05, 4.69) is 75.7 Å². The highest BCUT2D eigenvalue weighted by Crippen LogP contribution is 2.51. The minimum absolute atomic E-state index is 0. The second-order valence-corrected chi connectivity index (χ2v) is 9.16. The van der Waals surface area contributed by atoms with Gasteiger partial charge in [-0.2, -0.15) is 5.10 Å². The number of aliphatic imine (C=N–C) groups is 1. The molecule has 2 N–H and O–H groups in total. The molecule has 1 unspecified atom stereocenters. The smallest absolute Gasteiger partial charge is 0.191 e. The fourth-order valence-corrected chi connectivity index (χ4v) is 4.39. The summed E-state index contributed by atoms with van der Waals surface area (Å²) in [5.74, 6) is 1.35. The van der Waals surface area contributed by atoms with Gasteiger partial charge in [0.2, 0.25) is 0 Å². The molecule has 1 fully saturated rings. The second kappa shape index (κ2) is 10.5. The van der Waals surface area contributed by atoms with Crippen molar-refractivity contribution in [1.29, 1.82) is 0 Å². The summed E-state index contributed by atoms with van der Waals surface area (Å²) in [7, 11) is 1.84. The van der Waals surface area contributed by atoms with Crippen molar-refractivity contribution < 1.29 is 0 Å². The van der Waals surface area contributed by atoms with Gasteiger partial charge in [0.15, 0.2) is 5.96 Å². The van der Waals surface area contributed by atoms with Crippen LogP contribution in [-0.4, -0.2) is 40.6 Å². The third-order valence-corrected chi connectivity index (χ3v) is 6.39. The van der Waals surface area contributed by atoms with Crippen LogP contribution in [0.15, 0.2) is 46.3 Å². The summed E-state index contributed by atoms with van der Waals surface area (Å²) in [6, 6.07) is 12.8. The van der Waals surface area contributed by atoms with Gasteiger partial charge in [-0.25, -0.2) is 0 Å². The SMILES string of the molecule is CN=C(NCC(C)Cn1nc(C)cc1C)NCC1(Sc2ccccc2)CC1.I. The number of hydrogen-bond donors (Lipinski definition) is 2. The van der Waals surface area contributed by atoms with Gasteiger partial charge in [0.25, 0.3) is 0 Å². The van der Waals surface area contributed by atoms with Crippen molar-refractivity contribution in [3.8, 4) is 0 Å². The highest BCUT2D eigenvalue weighted by molar-refractivity contribution is 14.0. The maximum atomic E-state index is 4.55. The van der Waals surface area contributed by atoms with E-state index in [1.165, 1.54) is 23.4 Å². The Morgan fingerprint density at radius 2 is 1.96 bits per heavy atom. The van der Waals surface area contributed by atoms with Crippen LogP contribution in [0.5, 0.6) is 0 Å². The number of nitrogens with zero attached hydrogens (tertiary/aromatic N) is 3. The van der Waals surface area contributed by atoms with Crippen LogP contribution >= 0.6 is 35.7 Å². The molecule has 7 heteroatoms. The molecule has 0 radical (unpaired) electrons. The standard InChI is InChI=1S/C21H31N5S.HI/c1-16(14-26-18(3)12-17(2)25-26)13-23-20(22-4)24-15-21(10-11-21)27-19-8-6-5-7-9-19;/h5-9,12,16H,10-11,13-15H2,1-4H3,(H2,22,23,24);1H. The fraction of sp³-hybridized carbons (Fsp3) is 0.524. The predicted octanol–water partition coefficient (Wildman–Crippen LogP) is 4.24. The van der Waals surface area contributed by atoms with Crippen LogP contribution in [-0.2, 0) is 6.54 Å². The maximum absolute atomic E-state index is 4.55. The first-order chi connectivity index (χ1) is 13.0. The molecule has 1 aromatic carbocycles. The zero-order chi connectivity index (χ0) is 19.3. The van der Waals surface area contributed by atoms with Crippen molar-refractivity contribution in [2.24, 2.45) is 10.9 Å². The molecule has 3 rings (SSSR count). The van der Waals surface area contributed by atoms with Gasteiger partial charge in [-0.05, 0) is 50.8 Å². The highest BCUT2D eigenvalue weighted by Gasteiger charge is 2.43. The molecule has 0 amide bonds. The Labute approximate surface area is 190 Å². The van der Waals surface area contributed by atoms with Crippen molar-refractivity contribution in [2.45, 2.75) is 49.8 Å². The largest absolute Gasteiger partial charge is 0.356 e. The number of aromatic nitrogens is 2. The maximum Gasteiger partial charge on any atom is 0.191 e. The number of hydrogen-bond acceptors (Lipinski definition) is 3. The highest BCUT2D eigenvalue weighted by atomic mass is 127. The molecule has 0 bridgehead atoms. The van der Waals surface area contributed by atoms with Gasteiger partial charge in [0.05, 0.1) is 5.69 Å². The Morgan fingerprint density at radius 3 is 2.54 bits per heavy atom. The average molecular weight is 513 g/mol. The van der Waals surface area contributed by atoms with Gasteiger partial charge in [0.1, 0.15) is 0 Å². The molecule has 1 aromatic heterocycles. The molecule has 0 spiro atoms. The molecule has 0 saturated heterocycles. The molecule has 5 nitrogen and oxygen atoms in total. The molecule has 28 heavy (non-hydrogen) atoms. The monoisotopic (exact) mass is 513 g/mol. The quantitative estimate of drug-likeness (QED) is 0.315. The number of thioether (sulfide) groups is 1. The number of aryl methyl sites for hydroxylation is 2. The predicted molar refractivity (Wildman–Crippen MR) is 130 cm³/mol. The van der Waals surface area contributed by atoms with E-state index in [4.69, 9.17) is 0 Å². The van der Waals surface area contributed by atoms with E-state index < -0.39 is 0 Å². The number of guanidine groups is 1. The number of rotatable bonds is 8. The lowest BCUT2D eigenvalue weighted by molar-refractivity contribution is 0.436. The average Bonchev–Trinajstić information content (AvgIpc) is 3.33. The van der Waals surface area contributed by atoms with Crippen LogP contribution in [0.4, 0.5) is 0 Å². The van der Waals surface area contributed by atoms with Crippen LogP contribution in [0, 0.1) is 19.8 Å². The lowest BCUT2D eigenvalue weighted by Gasteiger charge is -2.20. The van der Waals surface area contributed by atoms with E-state index in [-0.39, 0.29) is 24.0 Å². The molecule has 1 heterocycles. The van der Waals surface area contributed by atoms with Gasteiger partial charge < -0.3 is 10.6 Å². The Kier molecular flexibility index (Phi) is 8.67. The van der Waals surface area contributed by atoms with Crippen molar-refractivity contribution in [3.05, 3.63) is 47.8 Å². The summed E-state index contributed by atoms with van der Waals surface area (Å²) >= 11 is 1.98. The lowest BCUT2D eigenvalue weighted by atomic mass is 10.2. The summed E-state index contributed by atoms with van der Waals surface area (Å²) in [6.45, 7) is 9.12. The van der Waals surface area contributed by atoms with E-state index in [0.717, 1.165) is 31.3 Å². The zero-order valence-electron chi connectivity index (χ0n) is 17.2. The summed E-state index contributed by atoms with van der Waals surface area (Å²) in [4.78, 5) is 5.73. The van der Waals surface area contributed by atoms with Crippen molar-refractivity contribution >= 4 is 41.7 Å². The first-order valence-corrected chi connectivity index (χ1v) is 10.5. The van der Waals surface area contributed by atoms with Crippen molar-refractivity contribution in [2.75, 3.05) is 20.1 Å².